The molecule has 5 nitrogen and oxygen atoms in total. The van der Waals surface area contributed by atoms with Gasteiger partial charge in [-0.25, -0.2) is 0 Å². The van der Waals surface area contributed by atoms with Crippen molar-refractivity contribution in [3.05, 3.63) is 54.7 Å². The largest absolute Gasteiger partial charge is 0.376 e. The van der Waals surface area contributed by atoms with Gasteiger partial charge in [0.25, 0.3) is 0 Å². The van der Waals surface area contributed by atoms with Gasteiger partial charge in [-0.1, -0.05) is 30.3 Å². The van der Waals surface area contributed by atoms with E-state index in [2.05, 4.69) is 20.8 Å². The predicted molar refractivity (Wildman–Crippen MR) is 79.7 cm³/mol. The number of carbonyl (C=O) groups is 1. The lowest BCUT2D eigenvalue weighted by atomic mass is 10.2. The number of fused-ring (bicyclic) bond motifs is 1. The van der Waals surface area contributed by atoms with Crippen LogP contribution in [0.1, 0.15) is 0 Å². The first kappa shape index (κ1) is 12.2. The van der Waals surface area contributed by atoms with Gasteiger partial charge in [0.05, 0.1) is 23.9 Å². The normalized spacial score (nSPS) is 10.4. The van der Waals surface area contributed by atoms with Crippen LogP contribution in [-0.2, 0) is 4.79 Å². The second-order valence-electron chi connectivity index (χ2n) is 4.41. The van der Waals surface area contributed by atoms with Crippen LogP contribution in [0.2, 0.25) is 0 Å². The third-order valence-electron chi connectivity index (χ3n) is 2.98. The van der Waals surface area contributed by atoms with E-state index in [4.69, 9.17) is 0 Å². The van der Waals surface area contributed by atoms with Gasteiger partial charge in [0.1, 0.15) is 0 Å². The molecular formula is C15H14N4O. The molecule has 1 aromatic heterocycles. The van der Waals surface area contributed by atoms with Crippen molar-refractivity contribution in [2.24, 2.45) is 0 Å². The summed E-state index contributed by atoms with van der Waals surface area (Å²) in [5.74, 6) is -0.101. The summed E-state index contributed by atoms with van der Waals surface area (Å²) in [6.45, 7) is 0.217. The number of nitrogens with zero attached hydrogens (tertiary/aromatic N) is 1. The van der Waals surface area contributed by atoms with E-state index >= 15 is 0 Å². The number of amides is 1. The lowest BCUT2D eigenvalue weighted by Crippen LogP contribution is -2.21. The number of rotatable bonds is 4. The van der Waals surface area contributed by atoms with Gasteiger partial charge in [-0.15, -0.1) is 0 Å². The number of aromatic amines is 1. The molecule has 0 saturated heterocycles. The number of hydrogen-bond donors (Lipinski definition) is 3. The molecule has 0 bridgehead atoms. The summed E-state index contributed by atoms with van der Waals surface area (Å²) in [7, 11) is 0. The van der Waals surface area contributed by atoms with Crippen LogP contribution >= 0.6 is 0 Å². The highest BCUT2D eigenvalue weighted by atomic mass is 16.1. The molecule has 3 aromatic rings. The Bertz CT molecular complexity index is 721. The summed E-state index contributed by atoms with van der Waals surface area (Å²) in [6.07, 6.45) is 1.73. The molecule has 0 aliphatic rings. The fraction of sp³-hybridized carbons (Fsp3) is 0.0667. The van der Waals surface area contributed by atoms with E-state index in [1.807, 2.05) is 48.5 Å². The van der Waals surface area contributed by atoms with Gasteiger partial charge < -0.3 is 10.6 Å². The Balaban J connectivity index is 1.66. The SMILES string of the molecule is O=C(CNc1ccccc1)Nc1cccc2cn[nH]c12. The van der Waals surface area contributed by atoms with Crippen molar-refractivity contribution in [3.63, 3.8) is 0 Å². The number of nitrogens with one attached hydrogen (secondary N) is 3. The van der Waals surface area contributed by atoms with Gasteiger partial charge in [-0.05, 0) is 18.2 Å². The van der Waals surface area contributed by atoms with E-state index in [0.29, 0.717) is 0 Å². The Labute approximate surface area is 116 Å². The lowest BCUT2D eigenvalue weighted by molar-refractivity contribution is -0.114. The second kappa shape index (κ2) is 5.44. The molecule has 0 unspecified atom stereocenters. The Morgan fingerprint density at radius 3 is 2.80 bits per heavy atom. The number of H-pyrrole nitrogens is 1. The highest BCUT2D eigenvalue weighted by molar-refractivity contribution is 6.01. The number of hydrogen-bond acceptors (Lipinski definition) is 3. The van der Waals surface area contributed by atoms with Gasteiger partial charge in [0.15, 0.2) is 0 Å². The Hall–Kier alpha value is -2.82. The minimum absolute atomic E-state index is 0.101. The topological polar surface area (TPSA) is 69.8 Å². The summed E-state index contributed by atoms with van der Waals surface area (Å²) < 4.78 is 0. The van der Waals surface area contributed by atoms with Crippen molar-refractivity contribution >= 4 is 28.2 Å². The van der Waals surface area contributed by atoms with Crippen LogP contribution in [0, 0.1) is 0 Å². The van der Waals surface area contributed by atoms with Gasteiger partial charge in [-0.2, -0.15) is 5.10 Å². The van der Waals surface area contributed by atoms with Crippen molar-refractivity contribution in [2.75, 3.05) is 17.2 Å². The van der Waals surface area contributed by atoms with Crippen molar-refractivity contribution in [1.29, 1.82) is 0 Å². The molecule has 1 heterocycles. The van der Waals surface area contributed by atoms with Gasteiger partial charge in [0.2, 0.25) is 5.91 Å². The van der Waals surface area contributed by atoms with E-state index in [1.165, 1.54) is 0 Å². The molecule has 0 fully saturated rings. The van der Waals surface area contributed by atoms with Crippen LogP contribution < -0.4 is 10.6 Å². The number of anilines is 2. The fourth-order valence-electron chi connectivity index (χ4n) is 2.01. The summed E-state index contributed by atoms with van der Waals surface area (Å²) in [6, 6.07) is 15.3. The number of para-hydroxylation sites is 2. The second-order valence-corrected chi connectivity index (χ2v) is 4.41. The molecule has 3 N–H and O–H groups in total. The number of carbonyl (C=O) groups excluding carboxylic acids is 1. The molecule has 3 rings (SSSR count). The molecule has 1 amide bonds. The van der Waals surface area contributed by atoms with Gasteiger partial charge >= 0.3 is 0 Å². The average molecular weight is 266 g/mol. The first-order valence-electron chi connectivity index (χ1n) is 6.34. The van der Waals surface area contributed by atoms with E-state index in [0.717, 1.165) is 22.3 Å². The Morgan fingerprint density at radius 2 is 1.95 bits per heavy atom. The summed E-state index contributed by atoms with van der Waals surface area (Å²) in [4.78, 5) is 11.9. The van der Waals surface area contributed by atoms with Crippen LogP contribution in [0.4, 0.5) is 11.4 Å². The van der Waals surface area contributed by atoms with Gasteiger partial charge in [0, 0.05) is 11.1 Å². The maximum Gasteiger partial charge on any atom is 0.243 e. The Morgan fingerprint density at radius 1 is 1.10 bits per heavy atom. The zero-order chi connectivity index (χ0) is 13.8. The van der Waals surface area contributed by atoms with Crippen LogP contribution in [0.3, 0.4) is 0 Å². The van der Waals surface area contributed by atoms with Crippen LogP contribution in [0.5, 0.6) is 0 Å². The third-order valence-corrected chi connectivity index (χ3v) is 2.98. The molecule has 0 spiro atoms. The molecular weight excluding hydrogens is 252 g/mol. The molecule has 2 aromatic carbocycles. The smallest absolute Gasteiger partial charge is 0.243 e. The first-order chi connectivity index (χ1) is 9.83. The fourth-order valence-corrected chi connectivity index (χ4v) is 2.01. The standard InChI is InChI=1S/C15H14N4O/c20-14(10-16-12-6-2-1-3-7-12)18-13-8-4-5-11-9-17-19-15(11)13/h1-9,16H,10H2,(H,17,19)(H,18,20). The quantitative estimate of drug-likeness (QED) is 0.680. The molecule has 100 valence electrons. The van der Waals surface area contributed by atoms with E-state index in [1.54, 1.807) is 6.20 Å². The zero-order valence-electron chi connectivity index (χ0n) is 10.8. The molecule has 0 aliphatic heterocycles. The van der Waals surface area contributed by atoms with E-state index < -0.39 is 0 Å². The molecule has 0 saturated carbocycles. The highest BCUT2D eigenvalue weighted by Crippen LogP contribution is 2.20. The average Bonchev–Trinajstić information content (AvgIpc) is 2.96. The summed E-state index contributed by atoms with van der Waals surface area (Å²) in [5.41, 5.74) is 2.49. The lowest BCUT2D eigenvalue weighted by Gasteiger charge is -2.08. The van der Waals surface area contributed by atoms with Crippen molar-refractivity contribution in [2.45, 2.75) is 0 Å². The minimum Gasteiger partial charge on any atom is -0.376 e. The zero-order valence-corrected chi connectivity index (χ0v) is 10.8. The predicted octanol–water partition coefficient (Wildman–Crippen LogP) is 2.61. The van der Waals surface area contributed by atoms with Crippen molar-refractivity contribution in [1.82, 2.24) is 10.2 Å². The number of benzene rings is 2. The molecule has 20 heavy (non-hydrogen) atoms. The van der Waals surface area contributed by atoms with Crippen LogP contribution in [0.25, 0.3) is 10.9 Å². The maximum atomic E-state index is 11.9. The Kier molecular flexibility index (Phi) is 3.33. The molecule has 0 aliphatic carbocycles. The number of aromatic nitrogens is 2. The van der Waals surface area contributed by atoms with Crippen molar-refractivity contribution < 1.29 is 4.79 Å². The maximum absolute atomic E-state index is 11.9. The first-order valence-corrected chi connectivity index (χ1v) is 6.34. The molecule has 0 atom stereocenters. The third kappa shape index (κ3) is 2.61. The minimum atomic E-state index is -0.101. The van der Waals surface area contributed by atoms with Crippen molar-refractivity contribution in [3.8, 4) is 0 Å². The van der Waals surface area contributed by atoms with Crippen LogP contribution in [-0.4, -0.2) is 22.6 Å². The van der Waals surface area contributed by atoms with Crippen LogP contribution in [0.15, 0.2) is 54.7 Å². The molecule has 5 heteroatoms. The molecule has 0 radical (unpaired) electrons. The monoisotopic (exact) mass is 266 g/mol. The highest BCUT2D eigenvalue weighted by Gasteiger charge is 2.06. The van der Waals surface area contributed by atoms with E-state index in [9.17, 15) is 4.79 Å². The van der Waals surface area contributed by atoms with Gasteiger partial charge in [-0.3, -0.25) is 9.89 Å². The summed E-state index contributed by atoms with van der Waals surface area (Å²) >= 11 is 0. The van der Waals surface area contributed by atoms with E-state index in [-0.39, 0.29) is 12.5 Å². The summed E-state index contributed by atoms with van der Waals surface area (Å²) in [5, 5.41) is 13.8.